The summed E-state index contributed by atoms with van der Waals surface area (Å²) >= 11 is 0. The number of rotatable bonds is 7. The summed E-state index contributed by atoms with van der Waals surface area (Å²) in [5.41, 5.74) is 5.37. The van der Waals surface area contributed by atoms with Crippen LogP contribution in [0.4, 0.5) is 5.82 Å². The van der Waals surface area contributed by atoms with Crippen LogP contribution in [0.5, 0.6) is 0 Å². The van der Waals surface area contributed by atoms with E-state index in [1.54, 1.807) is 11.5 Å². The molecule has 1 atom stereocenters. The SMILES string of the molecule is CCC(COC)(OCP(=O)(O)O)n1cnc2c(N)ncnc21. The zero-order valence-corrected chi connectivity index (χ0v) is 13.1. The van der Waals surface area contributed by atoms with E-state index in [4.69, 9.17) is 25.0 Å². The minimum atomic E-state index is -4.34. The van der Waals surface area contributed by atoms with Gasteiger partial charge in [0.2, 0.25) is 0 Å². The molecule has 0 aliphatic heterocycles. The Balaban J connectivity index is 2.51. The van der Waals surface area contributed by atoms with E-state index < -0.39 is 19.7 Å². The molecule has 10 nitrogen and oxygen atoms in total. The normalized spacial score (nSPS) is 15.1. The van der Waals surface area contributed by atoms with Gasteiger partial charge in [0.15, 0.2) is 23.5 Å². The van der Waals surface area contributed by atoms with Gasteiger partial charge in [0.1, 0.15) is 11.8 Å². The van der Waals surface area contributed by atoms with Gasteiger partial charge in [-0.2, -0.15) is 0 Å². The summed E-state index contributed by atoms with van der Waals surface area (Å²) in [6.07, 6.45) is 2.35. The fourth-order valence-electron chi connectivity index (χ4n) is 2.14. The lowest BCUT2D eigenvalue weighted by molar-refractivity contribution is -0.134. The maximum Gasteiger partial charge on any atom is 0.351 e. The third kappa shape index (κ3) is 3.26. The number of aromatic nitrogens is 4. The van der Waals surface area contributed by atoms with Gasteiger partial charge < -0.3 is 25.0 Å². The second-order valence-electron chi connectivity index (χ2n) is 4.72. The monoisotopic (exact) mass is 331 g/mol. The molecule has 0 fully saturated rings. The molecule has 0 radical (unpaired) electrons. The standard InChI is InChI=1S/C11H18N5O5P/c1-3-11(4-20-2,21-7-22(17,18)19)16-6-15-8-9(12)13-5-14-10(8)16/h5-6H,3-4,7H2,1-2H3,(H2,12,13,14)(H2,17,18,19). The second-order valence-corrected chi connectivity index (χ2v) is 6.30. The molecule has 2 rings (SSSR count). The number of nitrogens with two attached hydrogens (primary N) is 1. The molecule has 1 unspecified atom stereocenters. The number of hydrogen-bond donors (Lipinski definition) is 3. The molecule has 0 aliphatic rings. The Kier molecular flexibility index (Phi) is 4.78. The number of imidazole rings is 1. The van der Waals surface area contributed by atoms with Crippen LogP contribution >= 0.6 is 7.60 Å². The molecule has 0 bridgehead atoms. The van der Waals surface area contributed by atoms with E-state index in [9.17, 15) is 4.57 Å². The summed E-state index contributed by atoms with van der Waals surface area (Å²) in [4.78, 5) is 30.3. The molecule has 0 spiro atoms. The van der Waals surface area contributed by atoms with Crippen molar-refractivity contribution in [3.05, 3.63) is 12.7 Å². The van der Waals surface area contributed by atoms with Crippen LogP contribution in [0.25, 0.3) is 11.2 Å². The molecule has 0 saturated heterocycles. The highest BCUT2D eigenvalue weighted by atomic mass is 31.2. The lowest BCUT2D eigenvalue weighted by atomic mass is 10.1. The lowest BCUT2D eigenvalue weighted by Gasteiger charge is -2.33. The van der Waals surface area contributed by atoms with Gasteiger partial charge in [-0.25, -0.2) is 15.0 Å². The van der Waals surface area contributed by atoms with Crippen molar-refractivity contribution in [2.75, 3.05) is 25.8 Å². The Hall–Kier alpha value is -1.58. The van der Waals surface area contributed by atoms with Crippen LogP contribution in [0.3, 0.4) is 0 Å². The number of methoxy groups -OCH3 is 1. The van der Waals surface area contributed by atoms with Crippen molar-refractivity contribution in [1.29, 1.82) is 0 Å². The van der Waals surface area contributed by atoms with Gasteiger partial charge in [-0.15, -0.1) is 0 Å². The molecule has 11 heteroatoms. The molecule has 0 amide bonds. The van der Waals surface area contributed by atoms with E-state index in [-0.39, 0.29) is 12.4 Å². The smallest absolute Gasteiger partial charge is 0.351 e. The van der Waals surface area contributed by atoms with E-state index in [0.717, 1.165) is 0 Å². The van der Waals surface area contributed by atoms with Crippen molar-refractivity contribution in [3.8, 4) is 0 Å². The molecule has 0 saturated carbocycles. The maximum absolute atomic E-state index is 11.1. The largest absolute Gasteiger partial charge is 0.382 e. The van der Waals surface area contributed by atoms with Crippen LogP contribution in [0.1, 0.15) is 13.3 Å². The Morgan fingerprint density at radius 2 is 2.14 bits per heavy atom. The highest BCUT2D eigenvalue weighted by molar-refractivity contribution is 7.51. The Morgan fingerprint density at radius 1 is 1.41 bits per heavy atom. The molecule has 0 aromatic carbocycles. The highest BCUT2D eigenvalue weighted by Crippen LogP contribution is 2.38. The van der Waals surface area contributed by atoms with Gasteiger partial charge >= 0.3 is 7.60 Å². The first-order chi connectivity index (χ1) is 10.3. The number of anilines is 1. The number of ether oxygens (including phenoxy) is 2. The van der Waals surface area contributed by atoms with Gasteiger partial charge in [-0.3, -0.25) is 9.13 Å². The summed E-state index contributed by atoms with van der Waals surface area (Å²) in [5.74, 6) is 0.209. The summed E-state index contributed by atoms with van der Waals surface area (Å²) < 4.78 is 23.4. The summed E-state index contributed by atoms with van der Waals surface area (Å²) in [5, 5.41) is 0. The third-order valence-corrected chi connectivity index (χ3v) is 3.69. The molecular formula is C11H18N5O5P. The van der Waals surface area contributed by atoms with Crippen molar-refractivity contribution < 1.29 is 23.8 Å². The van der Waals surface area contributed by atoms with E-state index in [0.29, 0.717) is 17.6 Å². The van der Waals surface area contributed by atoms with Crippen LogP contribution in [0.2, 0.25) is 0 Å². The van der Waals surface area contributed by atoms with Crippen molar-refractivity contribution in [3.63, 3.8) is 0 Å². The lowest BCUT2D eigenvalue weighted by Crippen LogP contribution is -2.40. The fourth-order valence-corrected chi connectivity index (χ4v) is 2.54. The average molecular weight is 331 g/mol. The van der Waals surface area contributed by atoms with E-state index in [2.05, 4.69) is 15.0 Å². The van der Waals surface area contributed by atoms with Crippen LogP contribution in [0, 0.1) is 0 Å². The highest BCUT2D eigenvalue weighted by Gasteiger charge is 2.36. The number of nitrogens with zero attached hydrogens (tertiary/aromatic N) is 4. The molecule has 22 heavy (non-hydrogen) atoms. The van der Waals surface area contributed by atoms with Gasteiger partial charge in [0.05, 0.1) is 12.9 Å². The Bertz CT molecular complexity index is 701. The quantitative estimate of drug-likeness (QED) is 0.608. The first-order valence-corrected chi connectivity index (χ1v) is 8.24. The van der Waals surface area contributed by atoms with Gasteiger partial charge in [0, 0.05) is 7.11 Å². The zero-order chi connectivity index (χ0) is 16.4. The first kappa shape index (κ1) is 16.8. The van der Waals surface area contributed by atoms with Crippen molar-refractivity contribution in [2.24, 2.45) is 0 Å². The molecule has 2 aromatic rings. The third-order valence-electron chi connectivity index (χ3n) is 3.22. The van der Waals surface area contributed by atoms with Crippen molar-refractivity contribution in [1.82, 2.24) is 19.5 Å². The topological polar surface area (TPSA) is 146 Å². The van der Waals surface area contributed by atoms with Crippen LogP contribution in [-0.2, 0) is 19.8 Å². The minimum Gasteiger partial charge on any atom is -0.382 e. The molecule has 122 valence electrons. The Morgan fingerprint density at radius 3 is 2.73 bits per heavy atom. The van der Waals surface area contributed by atoms with Gasteiger partial charge in [0.25, 0.3) is 0 Å². The average Bonchev–Trinajstić information content (AvgIpc) is 2.89. The first-order valence-electron chi connectivity index (χ1n) is 6.44. The van der Waals surface area contributed by atoms with Crippen LogP contribution in [-0.4, -0.2) is 49.4 Å². The molecule has 4 N–H and O–H groups in total. The molecular weight excluding hydrogens is 313 g/mol. The second kappa shape index (κ2) is 6.27. The van der Waals surface area contributed by atoms with E-state index in [1.165, 1.54) is 19.8 Å². The van der Waals surface area contributed by atoms with E-state index >= 15 is 0 Å². The predicted molar refractivity (Wildman–Crippen MR) is 77.9 cm³/mol. The maximum atomic E-state index is 11.1. The van der Waals surface area contributed by atoms with Crippen LogP contribution < -0.4 is 5.73 Å². The Labute approximate surface area is 126 Å². The molecule has 0 aliphatic carbocycles. The van der Waals surface area contributed by atoms with E-state index in [1.807, 2.05) is 0 Å². The summed E-state index contributed by atoms with van der Waals surface area (Å²) in [6, 6.07) is 0. The molecule has 2 heterocycles. The van der Waals surface area contributed by atoms with Gasteiger partial charge in [-0.1, -0.05) is 6.92 Å². The predicted octanol–water partition coefficient (Wildman–Crippen LogP) is 0.269. The number of fused-ring (bicyclic) bond motifs is 1. The van der Waals surface area contributed by atoms with Crippen molar-refractivity contribution >= 4 is 24.6 Å². The van der Waals surface area contributed by atoms with Gasteiger partial charge in [-0.05, 0) is 6.42 Å². The number of nitrogen functional groups attached to an aromatic ring is 1. The van der Waals surface area contributed by atoms with Crippen molar-refractivity contribution in [2.45, 2.75) is 19.1 Å². The number of hydrogen-bond acceptors (Lipinski definition) is 7. The fraction of sp³-hybridized carbons (Fsp3) is 0.545. The van der Waals surface area contributed by atoms with Crippen LogP contribution in [0.15, 0.2) is 12.7 Å². The summed E-state index contributed by atoms with van der Waals surface area (Å²) in [7, 11) is -2.87. The summed E-state index contributed by atoms with van der Waals surface area (Å²) in [6.45, 7) is 1.86. The zero-order valence-electron chi connectivity index (χ0n) is 12.2. The minimum absolute atomic E-state index is 0.0544. The molecule has 2 aromatic heterocycles.